The smallest absolute Gasteiger partial charge is 0.257 e. The molecule has 2 aromatic carbocycles. The second kappa shape index (κ2) is 6.49. The Labute approximate surface area is 133 Å². The molecule has 0 bridgehead atoms. The number of hydrazine groups is 1. The molecule has 0 saturated heterocycles. The zero-order chi connectivity index (χ0) is 15.5. The normalized spacial score (nSPS) is 11.1. The zero-order valence-electron chi connectivity index (χ0n) is 10.8. The van der Waals surface area contributed by atoms with Crippen molar-refractivity contribution in [2.45, 2.75) is 4.90 Å². The average Bonchev–Trinajstić information content (AvgIpc) is 2.48. The van der Waals surface area contributed by atoms with Crippen LogP contribution in [-0.4, -0.2) is 8.42 Å². The fourth-order valence-electron chi connectivity index (χ4n) is 1.58. The van der Waals surface area contributed by atoms with Crippen molar-refractivity contribution < 1.29 is 8.42 Å². The molecule has 21 heavy (non-hydrogen) atoms. The van der Waals surface area contributed by atoms with E-state index >= 15 is 0 Å². The molecule has 0 unspecified atom stereocenters. The first kappa shape index (κ1) is 15.9. The molecule has 4 nitrogen and oxygen atoms in total. The monoisotopic (exact) mass is 342 g/mol. The molecule has 7 heteroatoms. The summed E-state index contributed by atoms with van der Waals surface area (Å²) in [5.41, 5.74) is 3.34. The number of halogens is 2. The van der Waals surface area contributed by atoms with Crippen molar-refractivity contribution >= 4 is 38.9 Å². The maximum absolute atomic E-state index is 12.0. The van der Waals surface area contributed by atoms with Crippen molar-refractivity contribution in [2.75, 3.05) is 0 Å². The first-order chi connectivity index (χ1) is 9.90. The van der Waals surface area contributed by atoms with Gasteiger partial charge >= 0.3 is 0 Å². The van der Waals surface area contributed by atoms with Gasteiger partial charge in [-0.1, -0.05) is 48.0 Å². The summed E-state index contributed by atoms with van der Waals surface area (Å²) in [5, 5.41) is 0.888. The van der Waals surface area contributed by atoms with Gasteiger partial charge in [0.2, 0.25) is 0 Å². The molecule has 110 valence electrons. The third kappa shape index (κ3) is 3.98. The molecule has 0 fully saturated rings. The van der Waals surface area contributed by atoms with Gasteiger partial charge in [-0.2, -0.15) is 0 Å². The van der Waals surface area contributed by atoms with Crippen LogP contribution in [0.1, 0.15) is 5.56 Å². The Balaban J connectivity index is 2.13. The number of hydrogen-bond acceptors (Lipinski definition) is 3. The van der Waals surface area contributed by atoms with Crippen LogP contribution in [0.5, 0.6) is 0 Å². The summed E-state index contributed by atoms with van der Waals surface area (Å²) in [6.45, 7) is 3.74. The minimum Gasteiger partial charge on any atom is -0.308 e. The van der Waals surface area contributed by atoms with Crippen molar-refractivity contribution in [2.24, 2.45) is 0 Å². The second-order valence-corrected chi connectivity index (χ2v) is 6.67. The lowest BCUT2D eigenvalue weighted by atomic mass is 10.2. The largest absolute Gasteiger partial charge is 0.308 e. The van der Waals surface area contributed by atoms with Crippen molar-refractivity contribution in [3.63, 3.8) is 0 Å². The molecule has 0 amide bonds. The summed E-state index contributed by atoms with van der Waals surface area (Å²) in [5.74, 6) is 0. The lowest BCUT2D eigenvalue weighted by molar-refractivity contribution is 0.576. The lowest BCUT2D eigenvalue weighted by Gasteiger charge is -2.13. The summed E-state index contributed by atoms with van der Waals surface area (Å²) in [6.07, 6.45) is 0. The van der Waals surface area contributed by atoms with Gasteiger partial charge in [0.25, 0.3) is 10.0 Å². The Morgan fingerprint density at radius 2 is 1.71 bits per heavy atom. The SMILES string of the molecule is C=C(NNS(=O)(=O)c1ccccc1)c1cc(Cl)ccc1Cl. The summed E-state index contributed by atoms with van der Waals surface area (Å²) in [4.78, 5) is 2.38. The molecule has 0 saturated carbocycles. The molecule has 0 spiro atoms. The predicted octanol–water partition coefficient (Wildman–Crippen LogP) is 3.45. The van der Waals surface area contributed by atoms with E-state index in [1.165, 1.54) is 12.1 Å². The van der Waals surface area contributed by atoms with E-state index in [0.717, 1.165) is 0 Å². The van der Waals surface area contributed by atoms with Gasteiger partial charge < -0.3 is 5.43 Å². The van der Waals surface area contributed by atoms with Crippen LogP contribution in [0.2, 0.25) is 10.0 Å². The standard InChI is InChI=1S/C14H12Cl2N2O2S/c1-10(13-9-11(15)7-8-14(13)16)17-18-21(19,20)12-5-3-2-4-6-12/h2-9,17-18H,1H2. The highest BCUT2D eigenvalue weighted by molar-refractivity contribution is 7.89. The Kier molecular flexibility index (Phi) is 4.90. The van der Waals surface area contributed by atoms with Crippen LogP contribution in [-0.2, 0) is 10.0 Å². The first-order valence-corrected chi connectivity index (χ1v) is 8.11. The van der Waals surface area contributed by atoms with E-state index in [2.05, 4.69) is 16.8 Å². The molecule has 2 aromatic rings. The number of sulfonamides is 1. The highest BCUT2D eigenvalue weighted by Crippen LogP contribution is 2.24. The van der Waals surface area contributed by atoms with Crippen LogP contribution in [0.4, 0.5) is 0 Å². The van der Waals surface area contributed by atoms with Gasteiger partial charge in [0, 0.05) is 15.6 Å². The minimum atomic E-state index is -3.68. The van der Waals surface area contributed by atoms with E-state index < -0.39 is 10.0 Å². The third-order valence-corrected chi connectivity index (χ3v) is 4.47. The molecule has 0 aliphatic carbocycles. The molecular formula is C14H12Cl2N2O2S. The van der Waals surface area contributed by atoms with E-state index in [-0.39, 0.29) is 4.90 Å². The third-order valence-electron chi connectivity index (χ3n) is 2.64. The Bertz CT molecular complexity index is 762. The molecular weight excluding hydrogens is 331 g/mol. The Morgan fingerprint density at radius 1 is 1.05 bits per heavy atom. The topological polar surface area (TPSA) is 58.2 Å². The van der Waals surface area contributed by atoms with E-state index in [1.54, 1.807) is 36.4 Å². The molecule has 0 atom stereocenters. The number of hydrogen-bond donors (Lipinski definition) is 2. The molecule has 0 aliphatic rings. The maximum Gasteiger partial charge on any atom is 0.257 e. The van der Waals surface area contributed by atoms with E-state index in [0.29, 0.717) is 21.3 Å². The fraction of sp³-hybridized carbons (Fsp3) is 0. The molecule has 0 heterocycles. The van der Waals surface area contributed by atoms with Crippen molar-refractivity contribution in [1.82, 2.24) is 10.3 Å². The predicted molar refractivity (Wildman–Crippen MR) is 85.4 cm³/mol. The van der Waals surface area contributed by atoms with Gasteiger partial charge in [-0.3, -0.25) is 0 Å². The van der Waals surface area contributed by atoms with Gasteiger partial charge in [0.1, 0.15) is 0 Å². The second-order valence-electron chi connectivity index (χ2n) is 4.15. The molecule has 2 rings (SSSR count). The summed E-state index contributed by atoms with van der Waals surface area (Å²) < 4.78 is 24.1. The molecule has 0 radical (unpaired) electrons. The highest BCUT2D eigenvalue weighted by atomic mass is 35.5. The van der Waals surface area contributed by atoms with Gasteiger partial charge in [-0.05, 0) is 30.3 Å². The Hall–Kier alpha value is -1.53. The molecule has 0 aliphatic heterocycles. The number of benzene rings is 2. The number of nitrogens with one attached hydrogen (secondary N) is 2. The van der Waals surface area contributed by atoms with Crippen molar-refractivity contribution in [3.8, 4) is 0 Å². The van der Waals surface area contributed by atoms with Gasteiger partial charge in [0.15, 0.2) is 0 Å². The van der Waals surface area contributed by atoms with Crippen LogP contribution in [0.3, 0.4) is 0 Å². The highest BCUT2D eigenvalue weighted by Gasteiger charge is 2.14. The van der Waals surface area contributed by atoms with Crippen molar-refractivity contribution in [3.05, 3.63) is 70.7 Å². The van der Waals surface area contributed by atoms with E-state index in [9.17, 15) is 8.42 Å². The quantitative estimate of drug-likeness (QED) is 0.818. The van der Waals surface area contributed by atoms with E-state index in [1.807, 2.05) is 0 Å². The van der Waals surface area contributed by atoms with Crippen LogP contribution in [0.15, 0.2) is 60.0 Å². The minimum absolute atomic E-state index is 0.141. The van der Waals surface area contributed by atoms with Crippen LogP contribution in [0, 0.1) is 0 Å². The van der Waals surface area contributed by atoms with E-state index in [4.69, 9.17) is 23.2 Å². The van der Waals surface area contributed by atoms with Gasteiger partial charge in [-0.15, -0.1) is 4.83 Å². The summed E-state index contributed by atoms with van der Waals surface area (Å²) >= 11 is 11.9. The summed E-state index contributed by atoms with van der Waals surface area (Å²) in [6, 6.07) is 12.8. The zero-order valence-corrected chi connectivity index (χ0v) is 13.1. The van der Waals surface area contributed by atoms with Gasteiger partial charge in [-0.25, -0.2) is 8.42 Å². The Morgan fingerprint density at radius 3 is 2.38 bits per heavy atom. The summed E-state index contributed by atoms with van der Waals surface area (Å²) in [7, 11) is -3.68. The molecule has 2 N–H and O–H groups in total. The first-order valence-electron chi connectivity index (χ1n) is 5.87. The van der Waals surface area contributed by atoms with Crippen LogP contribution >= 0.6 is 23.2 Å². The average molecular weight is 343 g/mol. The molecule has 0 aromatic heterocycles. The number of rotatable bonds is 5. The fourth-order valence-corrected chi connectivity index (χ4v) is 2.88. The van der Waals surface area contributed by atoms with Gasteiger partial charge in [0.05, 0.1) is 10.6 Å². The van der Waals surface area contributed by atoms with Crippen molar-refractivity contribution in [1.29, 1.82) is 0 Å². The van der Waals surface area contributed by atoms with Crippen LogP contribution in [0.25, 0.3) is 5.70 Å². The maximum atomic E-state index is 12.0. The van der Waals surface area contributed by atoms with Crippen LogP contribution < -0.4 is 10.3 Å². The lowest BCUT2D eigenvalue weighted by Crippen LogP contribution is -2.35.